The van der Waals surface area contributed by atoms with Crippen LogP contribution in [-0.4, -0.2) is 79.1 Å². The Balaban J connectivity index is 0.00000428. The number of esters is 1. The van der Waals surface area contributed by atoms with E-state index in [9.17, 15) is 29.4 Å². The van der Waals surface area contributed by atoms with Gasteiger partial charge in [-0.25, -0.2) is 0 Å². The summed E-state index contributed by atoms with van der Waals surface area (Å²) in [6.07, 6.45) is 6.80. The highest BCUT2D eigenvalue weighted by atomic mass is 16.5. The summed E-state index contributed by atoms with van der Waals surface area (Å²) in [7, 11) is 1.26. The second kappa shape index (κ2) is 26.1. The number of rotatable bonds is 24. The van der Waals surface area contributed by atoms with Crippen molar-refractivity contribution in [1.82, 2.24) is 0 Å². The number of amidine groups is 1. The molecule has 0 radical (unpaired) electrons. The fraction of sp³-hybridized carbons (Fsp3) is 0.489. The fourth-order valence-corrected chi connectivity index (χ4v) is 6.64. The summed E-state index contributed by atoms with van der Waals surface area (Å²) < 4.78 is 23.3. The summed E-state index contributed by atoms with van der Waals surface area (Å²) in [5.41, 5.74) is 18.8. The van der Waals surface area contributed by atoms with Crippen molar-refractivity contribution in [2.75, 3.05) is 33.4 Å². The van der Waals surface area contributed by atoms with E-state index in [4.69, 9.17) is 45.4 Å². The Morgan fingerprint density at radius 2 is 1.32 bits per heavy atom. The average molecular weight is 864 g/mol. The number of phenols is 1. The molecule has 2 atom stereocenters. The molecule has 0 bridgehead atoms. The number of hydrogen-bond acceptors (Lipinski definition) is 14. The van der Waals surface area contributed by atoms with Gasteiger partial charge in [0.05, 0.1) is 30.9 Å². The first-order chi connectivity index (χ1) is 29.4. The predicted octanol–water partition coefficient (Wildman–Crippen LogP) is 4.89. The molecule has 17 nitrogen and oxygen atoms in total. The molecule has 1 aromatic heterocycles. The van der Waals surface area contributed by atoms with Crippen LogP contribution in [0.15, 0.2) is 54.6 Å². The van der Waals surface area contributed by atoms with Crippen molar-refractivity contribution in [2.45, 2.75) is 99.5 Å². The number of carbonyl (C=O) groups is 3. The van der Waals surface area contributed by atoms with E-state index in [0.717, 1.165) is 17.6 Å². The number of aliphatic hydroxyl groups is 1. The molecular weight excluding hydrogens is 803 g/mol. The van der Waals surface area contributed by atoms with Gasteiger partial charge in [0.1, 0.15) is 47.0 Å². The van der Waals surface area contributed by atoms with Gasteiger partial charge in [-0.15, -0.1) is 0 Å². The van der Waals surface area contributed by atoms with Crippen LogP contribution in [0.25, 0.3) is 21.9 Å². The number of allylic oxidation sites excluding steroid dienone is 4. The van der Waals surface area contributed by atoms with Gasteiger partial charge in [0, 0.05) is 49.2 Å². The van der Waals surface area contributed by atoms with Gasteiger partial charge in [0.2, 0.25) is 5.43 Å². The Labute approximate surface area is 361 Å². The minimum Gasteiger partial charge on any atom is -0.507 e. The maximum atomic E-state index is 14.5. The lowest BCUT2D eigenvalue weighted by Crippen LogP contribution is -2.23. The maximum absolute atomic E-state index is 14.5. The number of fused-ring (bicyclic) bond motifs is 2. The number of hydrogen-bond donors (Lipinski definition) is 5. The number of aliphatic hydroxyl groups excluding tert-OH is 1. The molecule has 8 N–H and O–H groups in total. The number of phenolic OH excluding ortho intramolecular Hbond substituents is 1. The number of nitrogens with zero attached hydrogens (tertiary/aromatic N) is 2. The van der Waals surface area contributed by atoms with Crippen LogP contribution in [0.4, 0.5) is 0 Å². The molecule has 0 saturated carbocycles. The van der Waals surface area contributed by atoms with Gasteiger partial charge in [0.25, 0.3) is 0 Å². The number of methoxy groups -OCH3 is 1. The van der Waals surface area contributed by atoms with Gasteiger partial charge in [-0.05, 0) is 84.6 Å². The summed E-state index contributed by atoms with van der Waals surface area (Å²) in [6, 6.07) is 2.92. The number of guanidine groups is 1. The van der Waals surface area contributed by atoms with E-state index in [0.29, 0.717) is 49.3 Å². The van der Waals surface area contributed by atoms with E-state index in [1.807, 2.05) is 46.8 Å². The topological polar surface area (TPSA) is 286 Å². The third kappa shape index (κ3) is 16.3. The monoisotopic (exact) mass is 863 g/mol. The van der Waals surface area contributed by atoms with E-state index in [2.05, 4.69) is 9.98 Å². The van der Waals surface area contributed by atoms with Crippen LogP contribution in [0.3, 0.4) is 0 Å². The number of ether oxygens (including phenoxy) is 3. The molecule has 1 unspecified atom stereocenters. The first-order valence-corrected chi connectivity index (χ1v) is 20.2. The van der Waals surface area contributed by atoms with Crippen molar-refractivity contribution in [2.24, 2.45) is 39.0 Å². The van der Waals surface area contributed by atoms with Crippen LogP contribution >= 0.6 is 0 Å². The number of aromatic hydroxyl groups is 1. The fourth-order valence-electron chi connectivity index (χ4n) is 6.64. The minimum absolute atomic E-state index is 0.0193. The molecule has 62 heavy (non-hydrogen) atoms. The molecule has 2 aromatic carbocycles. The summed E-state index contributed by atoms with van der Waals surface area (Å²) in [6.45, 7) is 10.8. The van der Waals surface area contributed by atoms with Crippen molar-refractivity contribution in [3.8, 4) is 17.2 Å². The highest BCUT2D eigenvalue weighted by Crippen LogP contribution is 2.39. The van der Waals surface area contributed by atoms with Gasteiger partial charge in [-0.3, -0.25) is 29.2 Å². The molecule has 0 saturated heterocycles. The van der Waals surface area contributed by atoms with E-state index in [1.54, 1.807) is 6.92 Å². The molecule has 0 spiro atoms. The Morgan fingerprint density at radius 1 is 0.806 bits per heavy atom. The normalized spacial score (nSPS) is 12.0. The molecule has 1 heterocycles. The van der Waals surface area contributed by atoms with Crippen molar-refractivity contribution in [3.05, 3.63) is 62.3 Å². The van der Waals surface area contributed by atoms with Crippen molar-refractivity contribution >= 4 is 57.4 Å². The minimum atomic E-state index is -0.717. The van der Waals surface area contributed by atoms with Gasteiger partial charge in [-0.1, -0.05) is 30.2 Å². The number of Topliss-reactive ketones (excluding diaryl/α,β-unsaturated/α-hetero) is 2. The number of ketones is 2. The average Bonchev–Trinajstić information content (AvgIpc) is 3.20. The third-order valence-corrected chi connectivity index (χ3v) is 9.65. The number of carbonyl (C=O) groups excluding carboxylic acids is 5. The number of aliphatic imine (C=N–C) groups is 2. The van der Waals surface area contributed by atoms with Crippen LogP contribution in [0.1, 0.15) is 96.8 Å². The highest BCUT2D eigenvalue weighted by Gasteiger charge is 2.26. The van der Waals surface area contributed by atoms with Crippen LogP contribution < -0.4 is 32.1 Å². The zero-order chi connectivity index (χ0) is 46.5. The van der Waals surface area contributed by atoms with Gasteiger partial charge < -0.3 is 46.0 Å². The molecule has 17 heteroatoms. The lowest BCUT2D eigenvalue weighted by molar-refractivity contribution is -0.191. The molecule has 0 aliphatic rings. The third-order valence-electron chi connectivity index (χ3n) is 9.65. The number of benzene rings is 2. The van der Waals surface area contributed by atoms with Gasteiger partial charge >= 0.3 is 12.1 Å². The molecule has 0 aliphatic carbocycles. The van der Waals surface area contributed by atoms with Gasteiger partial charge in [-0.2, -0.15) is 9.59 Å². The van der Waals surface area contributed by atoms with E-state index in [-0.39, 0.29) is 107 Å². The Bertz CT molecular complexity index is 2250. The maximum Gasteiger partial charge on any atom is 0.373 e. The van der Waals surface area contributed by atoms with E-state index >= 15 is 0 Å². The van der Waals surface area contributed by atoms with Crippen LogP contribution in [0.5, 0.6) is 17.2 Å². The zero-order valence-electron chi connectivity index (χ0n) is 36.8. The number of nitrogens with two attached hydrogens (primary N) is 3. The van der Waals surface area contributed by atoms with Crippen molar-refractivity contribution in [3.63, 3.8) is 0 Å². The lowest BCUT2D eigenvalue weighted by atomic mass is 9.95. The second-order valence-corrected chi connectivity index (χ2v) is 15.4. The van der Waals surface area contributed by atoms with Crippen LogP contribution in [-0.2, 0) is 48.2 Å². The van der Waals surface area contributed by atoms with Crippen LogP contribution in [0, 0.1) is 11.8 Å². The molecule has 3 aromatic rings. The molecule has 0 amide bonds. The predicted molar refractivity (Wildman–Crippen MR) is 235 cm³/mol. The smallest absolute Gasteiger partial charge is 0.373 e. The molecule has 0 aliphatic heterocycles. The SMILES string of the molecule is COC(=O)[C@H](CCCN=C(C)N)CC(=O)COc1cc2oc3cc(OCC(=O)CC(C)CCCN=C(N)N)c(CO)c(CC=C(C)C)c3c(=O)c2c(O)c1CC=C(C)C.O=C=O. The summed E-state index contributed by atoms with van der Waals surface area (Å²) in [5, 5.41) is 22.5. The van der Waals surface area contributed by atoms with Crippen molar-refractivity contribution in [1.29, 1.82) is 0 Å². The summed E-state index contributed by atoms with van der Waals surface area (Å²) in [4.78, 5) is 77.6. The largest absolute Gasteiger partial charge is 0.507 e. The molecule has 0 fully saturated rings. The van der Waals surface area contributed by atoms with E-state index in [1.165, 1.54) is 19.2 Å². The summed E-state index contributed by atoms with van der Waals surface area (Å²) in [5.74, 6) is -1.40. The Morgan fingerprint density at radius 3 is 1.85 bits per heavy atom. The second-order valence-electron chi connectivity index (χ2n) is 15.4. The molecule has 3 rings (SSSR count). The Hall–Kier alpha value is -6.32. The van der Waals surface area contributed by atoms with E-state index < -0.39 is 30.5 Å². The van der Waals surface area contributed by atoms with Crippen molar-refractivity contribution < 1.29 is 52.8 Å². The Kier molecular flexibility index (Phi) is 21.8. The highest BCUT2D eigenvalue weighted by molar-refractivity contribution is 5.97. The first-order valence-electron chi connectivity index (χ1n) is 20.2. The molecular formula is C45H61N5O12. The standard InChI is InChI=1S/C44H61N5O10.CO2/c1-25(2)12-14-32-34(22-50)36(58-23-30(51)18-27(5)10-8-17-49-44(46)47)21-37-39(32)42(54)40-38(59-37)20-35(33(41(40)53)15-13-26(3)4)57-24-31(52)19-29(43(55)56-7)11-9-16-48-28(6)45;2-1-3/h12-13,20-21,27,29,50,53H,8-11,14-19,22-24H2,1-7H3,(H2,45,48)(H4,46,47,49);/t27?,29-;/m1./s1. The zero-order valence-corrected chi connectivity index (χ0v) is 36.8. The first kappa shape index (κ1) is 51.8. The van der Waals surface area contributed by atoms with Gasteiger partial charge in [0.15, 0.2) is 17.5 Å². The summed E-state index contributed by atoms with van der Waals surface area (Å²) >= 11 is 0. The molecule has 338 valence electrons. The van der Waals surface area contributed by atoms with Crippen LogP contribution in [0.2, 0.25) is 0 Å². The quantitative estimate of drug-likeness (QED) is 0.0200. The lowest BCUT2D eigenvalue weighted by Gasteiger charge is -2.18.